The van der Waals surface area contributed by atoms with Gasteiger partial charge in [0.25, 0.3) is 17.7 Å². The molecular weight excluding hydrogens is 330 g/mol. The van der Waals surface area contributed by atoms with Crippen LogP contribution < -0.4 is 5.73 Å². The van der Waals surface area contributed by atoms with Crippen LogP contribution in [0.5, 0.6) is 0 Å². The van der Waals surface area contributed by atoms with E-state index >= 15 is 0 Å². The van der Waals surface area contributed by atoms with E-state index in [2.05, 4.69) is 0 Å². The molecule has 0 aromatic heterocycles. The fourth-order valence-electron chi connectivity index (χ4n) is 3.10. The lowest BCUT2D eigenvalue weighted by Gasteiger charge is -2.16. The van der Waals surface area contributed by atoms with Gasteiger partial charge in [-0.25, -0.2) is 0 Å². The van der Waals surface area contributed by atoms with Gasteiger partial charge in [-0.1, -0.05) is 13.3 Å². The van der Waals surface area contributed by atoms with E-state index in [1.54, 1.807) is 23.1 Å². The largest absolute Gasteiger partial charge is 0.337 e. The second-order valence-corrected chi connectivity index (χ2v) is 6.18. The van der Waals surface area contributed by atoms with Gasteiger partial charge in [-0.05, 0) is 31.0 Å². The summed E-state index contributed by atoms with van der Waals surface area (Å²) in [6.45, 7) is 3.60. The highest BCUT2D eigenvalue weighted by Gasteiger charge is 2.36. The van der Waals surface area contributed by atoms with Crippen molar-refractivity contribution in [1.82, 2.24) is 9.80 Å². The number of benzene rings is 1. The molecule has 130 valence electrons. The van der Waals surface area contributed by atoms with Gasteiger partial charge in [0.2, 0.25) is 0 Å². The van der Waals surface area contributed by atoms with Crippen molar-refractivity contribution < 1.29 is 14.4 Å². The third-order valence-electron chi connectivity index (χ3n) is 4.46. The Labute approximate surface area is 147 Å². The van der Waals surface area contributed by atoms with Gasteiger partial charge in [-0.3, -0.25) is 19.3 Å². The summed E-state index contributed by atoms with van der Waals surface area (Å²) in [5.74, 6) is -0.695. The second-order valence-electron chi connectivity index (χ2n) is 6.18. The molecule has 0 unspecified atom stereocenters. The smallest absolute Gasteiger partial charge is 0.261 e. The molecule has 2 heterocycles. The molecule has 3 amide bonds. The zero-order chi connectivity index (χ0) is 16.6. The van der Waals surface area contributed by atoms with Crippen molar-refractivity contribution in [3.8, 4) is 0 Å². The number of amides is 3. The Morgan fingerprint density at radius 2 is 1.96 bits per heavy atom. The number of nitrogens with two attached hydrogens (primary N) is 1. The lowest BCUT2D eigenvalue weighted by Crippen LogP contribution is -2.32. The molecule has 1 aromatic rings. The van der Waals surface area contributed by atoms with Crippen molar-refractivity contribution in [3.63, 3.8) is 0 Å². The number of hydrogen-bond donors (Lipinski definition) is 1. The quantitative estimate of drug-likeness (QED) is 0.836. The van der Waals surface area contributed by atoms with Crippen LogP contribution in [0, 0.1) is 0 Å². The highest BCUT2D eigenvalue weighted by atomic mass is 35.5. The zero-order valence-electron chi connectivity index (χ0n) is 13.7. The van der Waals surface area contributed by atoms with E-state index in [0.717, 1.165) is 19.3 Å². The maximum Gasteiger partial charge on any atom is 0.261 e. The number of imide groups is 1. The first-order chi connectivity index (χ1) is 11.0. The van der Waals surface area contributed by atoms with Gasteiger partial charge in [0.05, 0.1) is 11.1 Å². The highest BCUT2D eigenvalue weighted by molar-refractivity contribution is 6.22. The van der Waals surface area contributed by atoms with Gasteiger partial charge >= 0.3 is 0 Å². The predicted octanol–water partition coefficient (Wildman–Crippen LogP) is 1.68. The Kier molecular flexibility index (Phi) is 5.62. The highest BCUT2D eigenvalue weighted by Crippen LogP contribution is 2.25. The second kappa shape index (κ2) is 7.32. The molecule has 1 fully saturated rings. The van der Waals surface area contributed by atoms with Gasteiger partial charge in [0, 0.05) is 31.2 Å². The Hall–Kier alpha value is -1.92. The van der Waals surface area contributed by atoms with Crippen LogP contribution in [0.15, 0.2) is 18.2 Å². The Morgan fingerprint density at radius 1 is 1.25 bits per heavy atom. The molecule has 2 aliphatic rings. The van der Waals surface area contributed by atoms with E-state index in [0.29, 0.717) is 36.3 Å². The Bertz CT molecular complexity index is 677. The van der Waals surface area contributed by atoms with Gasteiger partial charge in [-0.2, -0.15) is 0 Å². The molecule has 1 atom stereocenters. The summed E-state index contributed by atoms with van der Waals surface area (Å²) in [4.78, 5) is 40.2. The molecular formula is C17H22ClN3O3. The topological polar surface area (TPSA) is 83.7 Å². The van der Waals surface area contributed by atoms with Crippen molar-refractivity contribution in [2.24, 2.45) is 5.73 Å². The first-order valence-corrected chi connectivity index (χ1v) is 8.08. The molecule has 0 bridgehead atoms. The number of carbonyl (C=O) groups is 3. The van der Waals surface area contributed by atoms with Crippen molar-refractivity contribution in [1.29, 1.82) is 0 Å². The monoisotopic (exact) mass is 351 g/mol. The number of hydrogen-bond acceptors (Lipinski definition) is 4. The minimum Gasteiger partial charge on any atom is -0.337 e. The summed E-state index contributed by atoms with van der Waals surface area (Å²) in [5.41, 5.74) is 7.00. The van der Waals surface area contributed by atoms with Crippen LogP contribution in [0.2, 0.25) is 0 Å². The van der Waals surface area contributed by atoms with E-state index in [1.165, 1.54) is 4.90 Å². The molecule has 1 aromatic carbocycles. The minimum absolute atomic E-state index is 0. The van der Waals surface area contributed by atoms with Gasteiger partial charge in [0.1, 0.15) is 0 Å². The van der Waals surface area contributed by atoms with Crippen molar-refractivity contribution in [3.05, 3.63) is 34.9 Å². The number of carbonyl (C=O) groups excluding carboxylic acids is 3. The Morgan fingerprint density at radius 3 is 2.58 bits per heavy atom. The molecule has 0 radical (unpaired) electrons. The standard InChI is InChI=1S/C17H21N3O3.ClH/c1-2-3-7-20-16(22)13-5-4-11(9-14(13)17(20)23)15(21)19-8-6-12(18)10-19;/h4-5,9,12H,2-3,6-8,10,18H2,1H3;1H/t12-;/m1./s1. The van der Waals surface area contributed by atoms with E-state index in [-0.39, 0.29) is 36.2 Å². The molecule has 7 heteroatoms. The van der Waals surface area contributed by atoms with Crippen LogP contribution in [-0.4, -0.2) is 53.2 Å². The first-order valence-electron chi connectivity index (χ1n) is 8.08. The van der Waals surface area contributed by atoms with Crippen LogP contribution in [-0.2, 0) is 0 Å². The summed E-state index contributed by atoms with van der Waals surface area (Å²) in [7, 11) is 0. The number of halogens is 1. The van der Waals surface area contributed by atoms with Gasteiger partial charge in [0.15, 0.2) is 0 Å². The van der Waals surface area contributed by atoms with Crippen LogP contribution in [0.25, 0.3) is 0 Å². The number of unbranched alkanes of at least 4 members (excludes halogenated alkanes) is 1. The van der Waals surface area contributed by atoms with Gasteiger partial charge < -0.3 is 10.6 Å². The normalized spacial score (nSPS) is 19.5. The maximum atomic E-state index is 12.5. The summed E-state index contributed by atoms with van der Waals surface area (Å²) < 4.78 is 0. The fourth-order valence-corrected chi connectivity index (χ4v) is 3.10. The van der Waals surface area contributed by atoms with Gasteiger partial charge in [-0.15, -0.1) is 12.4 Å². The molecule has 6 nitrogen and oxygen atoms in total. The predicted molar refractivity (Wildman–Crippen MR) is 92.5 cm³/mol. The maximum absolute atomic E-state index is 12.5. The zero-order valence-corrected chi connectivity index (χ0v) is 14.5. The molecule has 3 rings (SSSR count). The molecule has 0 aliphatic carbocycles. The summed E-state index contributed by atoms with van der Waals surface area (Å²) >= 11 is 0. The average Bonchev–Trinajstić information content (AvgIpc) is 3.08. The Balaban J connectivity index is 0.00000208. The summed E-state index contributed by atoms with van der Waals surface area (Å²) in [5, 5.41) is 0. The fraction of sp³-hybridized carbons (Fsp3) is 0.471. The van der Waals surface area contributed by atoms with Crippen LogP contribution in [0.3, 0.4) is 0 Å². The third kappa shape index (κ3) is 3.16. The van der Waals surface area contributed by atoms with Crippen LogP contribution >= 0.6 is 12.4 Å². The van der Waals surface area contributed by atoms with E-state index < -0.39 is 0 Å². The van der Waals surface area contributed by atoms with E-state index in [1.807, 2.05) is 6.92 Å². The number of rotatable bonds is 4. The first kappa shape index (κ1) is 18.4. The number of fused-ring (bicyclic) bond motifs is 1. The molecule has 1 saturated heterocycles. The van der Waals surface area contributed by atoms with E-state index in [4.69, 9.17) is 5.73 Å². The number of likely N-dealkylation sites (tertiary alicyclic amines) is 1. The molecule has 0 spiro atoms. The van der Waals surface area contributed by atoms with Crippen molar-refractivity contribution in [2.45, 2.75) is 32.2 Å². The van der Waals surface area contributed by atoms with Crippen molar-refractivity contribution in [2.75, 3.05) is 19.6 Å². The summed E-state index contributed by atoms with van der Waals surface area (Å²) in [6.07, 6.45) is 2.48. The lowest BCUT2D eigenvalue weighted by atomic mass is 10.0. The average molecular weight is 352 g/mol. The molecule has 2 aliphatic heterocycles. The third-order valence-corrected chi connectivity index (χ3v) is 4.46. The molecule has 24 heavy (non-hydrogen) atoms. The van der Waals surface area contributed by atoms with E-state index in [9.17, 15) is 14.4 Å². The summed E-state index contributed by atoms with van der Waals surface area (Å²) in [6, 6.07) is 4.78. The molecule has 2 N–H and O–H groups in total. The lowest BCUT2D eigenvalue weighted by molar-refractivity contribution is 0.0652. The number of nitrogens with zero attached hydrogens (tertiary/aromatic N) is 2. The van der Waals surface area contributed by atoms with Crippen LogP contribution in [0.4, 0.5) is 0 Å². The minimum atomic E-state index is -0.300. The van der Waals surface area contributed by atoms with Crippen LogP contribution in [0.1, 0.15) is 57.3 Å². The SMILES string of the molecule is CCCCN1C(=O)c2ccc(C(=O)N3CC[C@@H](N)C3)cc2C1=O.Cl. The van der Waals surface area contributed by atoms with Crippen molar-refractivity contribution >= 4 is 30.1 Å². The molecule has 0 saturated carbocycles.